The van der Waals surface area contributed by atoms with Crippen LogP contribution in [-0.4, -0.2) is 18.9 Å². The van der Waals surface area contributed by atoms with E-state index >= 15 is 0 Å². The van der Waals surface area contributed by atoms with Gasteiger partial charge in [0.15, 0.2) is 5.65 Å². The third kappa shape index (κ3) is 3.24. The molecule has 0 spiro atoms. The molecular weight excluding hydrogens is 601 g/mol. The van der Waals surface area contributed by atoms with E-state index in [2.05, 4.69) is 118 Å². The lowest BCUT2D eigenvalue weighted by molar-refractivity contribution is 0.669. The molecule has 5 heteroatoms. The topological polar surface area (TPSA) is 48.3 Å². The van der Waals surface area contributed by atoms with Crippen molar-refractivity contribution in [2.24, 2.45) is 0 Å². The normalized spacial score (nSPS) is 12.5. The molecule has 0 atom stereocenters. The first kappa shape index (κ1) is 25.4. The Morgan fingerprint density at radius 2 is 1.16 bits per heavy atom. The maximum atomic E-state index is 6.39. The van der Waals surface area contributed by atoms with Gasteiger partial charge in [0.2, 0.25) is 0 Å². The van der Waals surface area contributed by atoms with E-state index in [1.54, 1.807) is 0 Å². The molecule has 12 aromatic rings. The summed E-state index contributed by atoms with van der Waals surface area (Å²) in [4.78, 5) is 10.5. The van der Waals surface area contributed by atoms with Crippen LogP contribution in [0.25, 0.3) is 110 Å². The van der Waals surface area contributed by atoms with Gasteiger partial charge in [0.1, 0.15) is 16.7 Å². The Morgan fingerprint density at radius 3 is 2.06 bits per heavy atom. The van der Waals surface area contributed by atoms with Crippen molar-refractivity contribution in [3.63, 3.8) is 0 Å². The van der Waals surface area contributed by atoms with Crippen molar-refractivity contribution in [2.75, 3.05) is 0 Å². The van der Waals surface area contributed by atoms with Gasteiger partial charge in [-0.2, -0.15) is 0 Å². The van der Waals surface area contributed by atoms with Crippen molar-refractivity contribution < 1.29 is 4.42 Å². The molecule has 0 unspecified atom stereocenters. The number of benzene rings is 7. The van der Waals surface area contributed by atoms with E-state index in [-0.39, 0.29) is 0 Å². The van der Waals surface area contributed by atoms with Gasteiger partial charge in [-0.3, -0.25) is 4.40 Å². The zero-order valence-corrected chi connectivity index (χ0v) is 26.1. The molecule has 12 rings (SSSR count). The first-order chi connectivity index (χ1) is 24.3. The van der Waals surface area contributed by atoms with E-state index in [1.165, 1.54) is 32.6 Å². The Bertz CT molecular complexity index is 3330. The minimum atomic E-state index is 0.864. The third-order valence-electron chi connectivity index (χ3n) is 10.4. The van der Waals surface area contributed by atoms with Gasteiger partial charge in [-0.05, 0) is 77.9 Å². The number of hydrogen-bond donors (Lipinski definition) is 0. The van der Waals surface area contributed by atoms with Crippen molar-refractivity contribution in [1.29, 1.82) is 0 Å². The van der Waals surface area contributed by atoms with Crippen molar-refractivity contribution in [1.82, 2.24) is 18.9 Å². The number of furan rings is 1. The molecule has 5 aromatic heterocycles. The number of hydrogen-bond acceptors (Lipinski definition) is 3. The van der Waals surface area contributed by atoms with Gasteiger partial charge in [0.05, 0.1) is 38.5 Å². The van der Waals surface area contributed by atoms with Crippen LogP contribution in [-0.2, 0) is 0 Å². The van der Waals surface area contributed by atoms with Crippen molar-refractivity contribution >= 4 is 93.1 Å². The fourth-order valence-electron chi connectivity index (χ4n) is 8.33. The van der Waals surface area contributed by atoms with Gasteiger partial charge in [0, 0.05) is 38.0 Å². The fourth-order valence-corrected chi connectivity index (χ4v) is 8.33. The third-order valence-corrected chi connectivity index (χ3v) is 10.4. The van der Waals surface area contributed by atoms with Crippen molar-refractivity contribution in [3.8, 4) is 16.8 Å². The summed E-state index contributed by atoms with van der Waals surface area (Å²) in [7, 11) is 0. The molecule has 0 aliphatic carbocycles. The van der Waals surface area contributed by atoms with E-state index < -0.39 is 0 Å². The molecule has 0 radical (unpaired) electrons. The van der Waals surface area contributed by atoms with Gasteiger partial charge >= 0.3 is 0 Å². The van der Waals surface area contributed by atoms with Crippen LogP contribution in [0.1, 0.15) is 0 Å². The number of rotatable bonds is 2. The highest BCUT2D eigenvalue weighted by Gasteiger charge is 2.24. The number of para-hydroxylation sites is 5. The summed E-state index contributed by atoms with van der Waals surface area (Å²) in [5, 5.41) is 8.15. The fraction of sp³-hybridized carbons (Fsp3) is 0. The number of aromatic nitrogens is 4. The SMILES string of the molecule is c1ccc(-n2c3ccccc3c3ccc(-c4cc5c6ccc7oc8ccccc8c7c6n6c7nc8ccccc8nc7c(c4)c56)cc32)cc1. The lowest BCUT2D eigenvalue weighted by atomic mass is 9.98. The molecule has 7 aromatic carbocycles. The van der Waals surface area contributed by atoms with Gasteiger partial charge in [-0.15, -0.1) is 0 Å². The van der Waals surface area contributed by atoms with Crippen LogP contribution in [0.15, 0.2) is 150 Å². The largest absolute Gasteiger partial charge is 0.456 e. The highest BCUT2D eigenvalue weighted by Crippen LogP contribution is 2.45. The van der Waals surface area contributed by atoms with Crippen LogP contribution in [0, 0.1) is 0 Å². The van der Waals surface area contributed by atoms with E-state index in [0.29, 0.717) is 0 Å². The Morgan fingerprint density at radius 1 is 0.449 bits per heavy atom. The van der Waals surface area contributed by atoms with Crippen LogP contribution >= 0.6 is 0 Å². The average molecular weight is 625 g/mol. The maximum absolute atomic E-state index is 6.39. The number of fused-ring (bicyclic) bond motifs is 14. The quantitative estimate of drug-likeness (QED) is 0.192. The Hall–Kier alpha value is -6.72. The summed E-state index contributed by atoms with van der Waals surface area (Å²) >= 11 is 0. The molecule has 0 N–H and O–H groups in total. The van der Waals surface area contributed by atoms with E-state index in [9.17, 15) is 0 Å². The number of nitrogens with zero attached hydrogens (tertiary/aromatic N) is 4. The molecule has 0 amide bonds. The summed E-state index contributed by atoms with van der Waals surface area (Å²) in [5.74, 6) is 0. The molecule has 0 bridgehead atoms. The molecule has 226 valence electrons. The Balaban J connectivity index is 1.24. The lowest BCUT2D eigenvalue weighted by Gasteiger charge is -2.09. The molecular formula is C44H24N4O. The predicted octanol–water partition coefficient (Wildman–Crippen LogP) is 11.4. The molecule has 0 aliphatic heterocycles. The van der Waals surface area contributed by atoms with Crippen LogP contribution in [0.5, 0.6) is 0 Å². The van der Waals surface area contributed by atoms with Crippen LogP contribution in [0.2, 0.25) is 0 Å². The first-order valence-electron chi connectivity index (χ1n) is 16.6. The van der Waals surface area contributed by atoms with Gasteiger partial charge in [-0.25, -0.2) is 9.97 Å². The Labute approximate surface area is 278 Å². The zero-order chi connectivity index (χ0) is 31.8. The molecule has 49 heavy (non-hydrogen) atoms. The van der Waals surface area contributed by atoms with Gasteiger partial charge in [0.25, 0.3) is 0 Å². The second-order valence-electron chi connectivity index (χ2n) is 13.0. The minimum absolute atomic E-state index is 0.864. The maximum Gasteiger partial charge on any atom is 0.165 e. The predicted molar refractivity (Wildman–Crippen MR) is 201 cm³/mol. The lowest BCUT2D eigenvalue weighted by Crippen LogP contribution is -1.93. The second-order valence-corrected chi connectivity index (χ2v) is 13.0. The summed E-state index contributed by atoms with van der Waals surface area (Å²) in [6, 6.07) is 51.7. The highest BCUT2D eigenvalue weighted by molar-refractivity contribution is 6.30. The van der Waals surface area contributed by atoms with Crippen LogP contribution in [0.3, 0.4) is 0 Å². The van der Waals surface area contributed by atoms with Gasteiger partial charge in [-0.1, -0.05) is 78.9 Å². The molecule has 0 saturated heterocycles. The van der Waals surface area contributed by atoms with Gasteiger partial charge < -0.3 is 8.98 Å². The van der Waals surface area contributed by atoms with E-state index in [0.717, 1.165) is 77.4 Å². The molecule has 0 saturated carbocycles. The Kier molecular flexibility index (Phi) is 4.66. The summed E-state index contributed by atoms with van der Waals surface area (Å²) in [6.07, 6.45) is 0. The highest BCUT2D eigenvalue weighted by atomic mass is 16.3. The standard InChI is InChI=1S/C44H24N4O/c1-2-10-27(11-3-1)47-36-16-8-4-12-28(36)29-19-18-25(24-37(29)47)26-22-32-30-20-21-39-40(31-13-5-9-17-38(31)49-39)43(30)48-42(32)33(23-26)41-44(48)46-35-15-7-6-14-34(35)45-41/h1-24H. The molecule has 5 heterocycles. The summed E-state index contributed by atoms with van der Waals surface area (Å²) < 4.78 is 11.1. The molecule has 0 aliphatic rings. The monoisotopic (exact) mass is 624 g/mol. The van der Waals surface area contributed by atoms with Crippen LogP contribution < -0.4 is 0 Å². The average Bonchev–Trinajstić information content (AvgIpc) is 3.89. The minimum Gasteiger partial charge on any atom is -0.456 e. The molecule has 5 nitrogen and oxygen atoms in total. The molecule has 0 fully saturated rings. The zero-order valence-electron chi connectivity index (χ0n) is 26.1. The van der Waals surface area contributed by atoms with Crippen molar-refractivity contribution in [2.45, 2.75) is 0 Å². The first-order valence-corrected chi connectivity index (χ1v) is 16.6. The van der Waals surface area contributed by atoms with E-state index in [1.807, 2.05) is 36.4 Å². The van der Waals surface area contributed by atoms with E-state index in [4.69, 9.17) is 14.4 Å². The summed E-state index contributed by atoms with van der Waals surface area (Å²) in [5.41, 5.74) is 13.4. The summed E-state index contributed by atoms with van der Waals surface area (Å²) in [6.45, 7) is 0. The van der Waals surface area contributed by atoms with Crippen LogP contribution in [0.4, 0.5) is 0 Å². The second kappa shape index (κ2) is 9.00. The van der Waals surface area contributed by atoms with Crippen molar-refractivity contribution in [3.05, 3.63) is 146 Å². The smallest absolute Gasteiger partial charge is 0.165 e.